The molecule has 0 radical (unpaired) electrons. The minimum absolute atomic E-state index is 0.0570. The number of rotatable bonds is 10. The smallest absolute Gasteiger partial charge is 0.383 e. The molecule has 2 aromatic heterocycles. The molecule has 1 amide bonds. The fourth-order valence-electron chi connectivity index (χ4n) is 4.56. The maximum Gasteiger partial charge on any atom is 0.435 e. The number of nitrogens with one attached hydrogen (secondary N) is 2. The number of benzene rings is 1. The summed E-state index contributed by atoms with van der Waals surface area (Å²) in [7, 11) is 1.54. The van der Waals surface area contributed by atoms with Gasteiger partial charge < -0.3 is 15.4 Å². The van der Waals surface area contributed by atoms with Gasteiger partial charge in [-0.25, -0.2) is 18.7 Å². The van der Waals surface area contributed by atoms with Crippen LogP contribution in [0.15, 0.2) is 28.9 Å². The average Bonchev–Trinajstić information content (AvgIpc) is 3.23. The summed E-state index contributed by atoms with van der Waals surface area (Å²) in [5.74, 6) is -1.99. The molecular weight excluding hydrogens is 591 g/mol. The predicted octanol–water partition coefficient (Wildman–Crippen LogP) is 4.77. The standard InChI is InChI=1S/C25H26BrF5N6O2/c1-39-7-6-32-24-33-12-18(26)22(35-24)19(10-14-8-15(27)11-16(28)9-14)34-21(38)13-37-20-5-3-2-4-17(20)23(36-37)25(29,30)31/h8-9,11-12,19H,2-7,10,13H2,1H3,(H,34,38)(H,32,33,35). The summed E-state index contributed by atoms with van der Waals surface area (Å²) in [6.45, 7) is 0.315. The monoisotopic (exact) mass is 616 g/mol. The Kier molecular flexibility index (Phi) is 9.15. The molecule has 3 aromatic rings. The lowest BCUT2D eigenvalue weighted by molar-refractivity contribution is -0.142. The highest BCUT2D eigenvalue weighted by Crippen LogP contribution is 2.36. The summed E-state index contributed by atoms with van der Waals surface area (Å²) in [5.41, 5.74) is 0.0931. The number of carbonyl (C=O) groups excluding carboxylic acids is 1. The van der Waals surface area contributed by atoms with Crippen molar-refractivity contribution < 1.29 is 31.5 Å². The van der Waals surface area contributed by atoms with E-state index in [1.54, 1.807) is 0 Å². The number of carbonyl (C=O) groups is 1. The van der Waals surface area contributed by atoms with Crippen LogP contribution in [0.4, 0.5) is 27.9 Å². The Morgan fingerprint density at radius 3 is 2.59 bits per heavy atom. The molecule has 1 aromatic carbocycles. The fourth-order valence-corrected chi connectivity index (χ4v) is 5.03. The number of aromatic nitrogens is 4. The van der Waals surface area contributed by atoms with E-state index < -0.39 is 42.0 Å². The van der Waals surface area contributed by atoms with Crippen LogP contribution < -0.4 is 10.6 Å². The zero-order chi connectivity index (χ0) is 28.2. The highest BCUT2D eigenvalue weighted by Gasteiger charge is 2.39. The lowest BCUT2D eigenvalue weighted by Crippen LogP contribution is -2.34. The number of halogens is 6. The summed E-state index contributed by atoms with van der Waals surface area (Å²) >= 11 is 3.37. The summed E-state index contributed by atoms with van der Waals surface area (Å²) in [4.78, 5) is 21.8. The Balaban J connectivity index is 1.63. The van der Waals surface area contributed by atoms with Crippen molar-refractivity contribution in [3.63, 3.8) is 0 Å². The third-order valence-electron chi connectivity index (χ3n) is 6.21. The highest BCUT2D eigenvalue weighted by molar-refractivity contribution is 9.10. The van der Waals surface area contributed by atoms with E-state index in [2.05, 4.69) is 41.6 Å². The Labute approximate surface area is 229 Å². The van der Waals surface area contributed by atoms with Gasteiger partial charge >= 0.3 is 6.18 Å². The van der Waals surface area contributed by atoms with Crippen LogP contribution >= 0.6 is 15.9 Å². The summed E-state index contributed by atoms with van der Waals surface area (Å²) in [6, 6.07) is 2.09. The number of amides is 1. The summed E-state index contributed by atoms with van der Waals surface area (Å²) in [5, 5.41) is 9.47. The van der Waals surface area contributed by atoms with Crippen molar-refractivity contribution in [3.05, 3.63) is 68.7 Å². The largest absolute Gasteiger partial charge is 0.435 e. The van der Waals surface area contributed by atoms with Gasteiger partial charge in [-0.1, -0.05) is 0 Å². The number of hydrogen-bond donors (Lipinski definition) is 2. The SMILES string of the molecule is COCCNc1ncc(Br)c(C(Cc2cc(F)cc(F)c2)NC(=O)Cn2nc(C(F)(F)F)c3c2CCCC3)n1. The van der Waals surface area contributed by atoms with E-state index in [0.29, 0.717) is 48.3 Å². The summed E-state index contributed by atoms with van der Waals surface area (Å²) < 4.78 is 75.1. The van der Waals surface area contributed by atoms with Crippen molar-refractivity contribution in [2.24, 2.45) is 0 Å². The molecule has 0 spiro atoms. The lowest BCUT2D eigenvalue weighted by atomic mass is 9.95. The van der Waals surface area contributed by atoms with E-state index in [1.807, 2.05) is 0 Å². The molecule has 210 valence electrons. The highest BCUT2D eigenvalue weighted by atomic mass is 79.9. The van der Waals surface area contributed by atoms with Crippen molar-refractivity contribution in [3.8, 4) is 0 Å². The van der Waals surface area contributed by atoms with Crippen LogP contribution in [0, 0.1) is 11.6 Å². The van der Waals surface area contributed by atoms with Gasteiger partial charge in [0.1, 0.15) is 18.2 Å². The predicted molar refractivity (Wildman–Crippen MR) is 135 cm³/mol. The molecule has 1 aliphatic carbocycles. The Hall–Kier alpha value is -3.13. The first kappa shape index (κ1) is 28.9. The second-order valence-electron chi connectivity index (χ2n) is 9.08. The molecular formula is C25H26BrF5N6O2. The normalized spacial score (nSPS) is 14.1. The Morgan fingerprint density at radius 2 is 1.90 bits per heavy atom. The van der Waals surface area contributed by atoms with Gasteiger partial charge in [-0.3, -0.25) is 9.48 Å². The van der Waals surface area contributed by atoms with E-state index >= 15 is 0 Å². The number of hydrogen-bond acceptors (Lipinski definition) is 6. The molecule has 39 heavy (non-hydrogen) atoms. The number of nitrogens with zero attached hydrogens (tertiary/aromatic N) is 4. The zero-order valence-electron chi connectivity index (χ0n) is 20.9. The molecule has 1 atom stereocenters. The first-order chi connectivity index (χ1) is 18.5. The van der Waals surface area contributed by atoms with Gasteiger partial charge in [-0.05, 0) is 65.7 Å². The quantitative estimate of drug-likeness (QED) is 0.252. The van der Waals surface area contributed by atoms with Crippen LogP contribution in [0.2, 0.25) is 0 Å². The molecule has 8 nitrogen and oxygen atoms in total. The number of ether oxygens (including phenoxy) is 1. The molecule has 0 aliphatic heterocycles. The van der Waals surface area contributed by atoms with Crippen molar-refractivity contribution in [2.45, 2.75) is 50.9 Å². The number of alkyl halides is 3. The van der Waals surface area contributed by atoms with Crippen LogP contribution in [0.25, 0.3) is 0 Å². The van der Waals surface area contributed by atoms with Crippen LogP contribution in [-0.2, 0) is 41.5 Å². The van der Waals surface area contributed by atoms with Crippen molar-refractivity contribution in [2.75, 3.05) is 25.6 Å². The van der Waals surface area contributed by atoms with Crippen molar-refractivity contribution in [1.82, 2.24) is 25.1 Å². The second-order valence-corrected chi connectivity index (χ2v) is 9.94. The minimum Gasteiger partial charge on any atom is -0.383 e. The molecule has 0 saturated heterocycles. The fraction of sp³-hybridized carbons (Fsp3) is 0.440. The maximum absolute atomic E-state index is 13.9. The van der Waals surface area contributed by atoms with E-state index in [4.69, 9.17) is 4.74 Å². The topological polar surface area (TPSA) is 94.0 Å². The third kappa shape index (κ3) is 7.29. The Bertz CT molecular complexity index is 1310. The number of methoxy groups -OCH3 is 1. The van der Waals surface area contributed by atoms with Crippen molar-refractivity contribution in [1.29, 1.82) is 0 Å². The first-order valence-corrected chi connectivity index (χ1v) is 13.0. The van der Waals surface area contributed by atoms with Gasteiger partial charge in [-0.2, -0.15) is 18.3 Å². The van der Waals surface area contributed by atoms with Crippen LogP contribution in [0.1, 0.15) is 47.1 Å². The molecule has 14 heteroatoms. The van der Waals surface area contributed by atoms with Gasteiger partial charge in [0, 0.05) is 37.2 Å². The van der Waals surface area contributed by atoms with Gasteiger partial charge in [-0.15, -0.1) is 0 Å². The first-order valence-electron chi connectivity index (χ1n) is 12.2. The zero-order valence-corrected chi connectivity index (χ0v) is 22.5. The Morgan fingerprint density at radius 1 is 1.18 bits per heavy atom. The molecule has 1 aliphatic rings. The van der Waals surface area contributed by atoms with Gasteiger partial charge in [0.25, 0.3) is 0 Å². The van der Waals surface area contributed by atoms with Crippen LogP contribution in [-0.4, -0.2) is 45.9 Å². The number of anilines is 1. The summed E-state index contributed by atoms with van der Waals surface area (Å²) in [6.07, 6.45) is -1.30. The number of fused-ring (bicyclic) bond motifs is 1. The van der Waals surface area contributed by atoms with Crippen molar-refractivity contribution >= 4 is 27.8 Å². The molecule has 2 heterocycles. The van der Waals surface area contributed by atoms with E-state index in [-0.39, 0.29) is 29.9 Å². The van der Waals surface area contributed by atoms with E-state index in [9.17, 15) is 26.7 Å². The average molecular weight is 617 g/mol. The van der Waals surface area contributed by atoms with E-state index in [0.717, 1.165) is 22.9 Å². The molecule has 0 bridgehead atoms. The molecule has 0 fully saturated rings. The van der Waals surface area contributed by atoms with Crippen LogP contribution in [0.3, 0.4) is 0 Å². The van der Waals surface area contributed by atoms with Gasteiger partial charge in [0.2, 0.25) is 11.9 Å². The third-order valence-corrected chi connectivity index (χ3v) is 6.82. The lowest BCUT2D eigenvalue weighted by Gasteiger charge is -2.21. The van der Waals surface area contributed by atoms with Crippen LogP contribution in [0.5, 0.6) is 0 Å². The molecule has 1 unspecified atom stereocenters. The molecule has 0 saturated carbocycles. The second kappa shape index (κ2) is 12.4. The molecule has 4 rings (SSSR count). The maximum atomic E-state index is 13.9. The molecule has 2 N–H and O–H groups in total. The van der Waals surface area contributed by atoms with Gasteiger partial charge in [0.05, 0.1) is 22.8 Å². The minimum atomic E-state index is -4.63. The van der Waals surface area contributed by atoms with Gasteiger partial charge in [0.15, 0.2) is 5.69 Å². The van der Waals surface area contributed by atoms with E-state index in [1.165, 1.54) is 13.3 Å².